The third kappa shape index (κ3) is 5.33. The second-order valence-electron chi connectivity index (χ2n) is 6.03. The van der Waals surface area contributed by atoms with Crippen molar-refractivity contribution in [1.29, 1.82) is 5.26 Å². The van der Waals surface area contributed by atoms with E-state index in [0.29, 0.717) is 22.6 Å². The maximum Gasteiger partial charge on any atom is 0.271 e. The van der Waals surface area contributed by atoms with Gasteiger partial charge in [-0.05, 0) is 58.5 Å². The van der Waals surface area contributed by atoms with E-state index < -0.39 is 0 Å². The van der Waals surface area contributed by atoms with Gasteiger partial charge in [0.15, 0.2) is 11.5 Å². The summed E-state index contributed by atoms with van der Waals surface area (Å²) in [5.41, 5.74) is 5.04. The number of halogens is 1. The zero-order valence-electron chi connectivity index (χ0n) is 16.0. The number of nitriles is 1. The lowest BCUT2D eigenvalue weighted by Crippen LogP contribution is -2.17. The van der Waals surface area contributed by atoms with Gasteiger partial charge in [-0.15, -0.1) is 0 Å². The fourth-order valence-corrected chi connectivity index (χ4v) is 3.37. The summed E-state index contributed by atoms with van der Waals surface area (Å²) in [6.45, 7) is 0.242. The summed E-state index contributed by atoms with van der Waals surface area (Å²) in [5, 5.41) is 13.2. The van der Waals surface area contributed by atoms with Gasteiger partial charge in [-0.25, -0.2) is 5.43 Å². The number of nitrogens with zero attached hydrogens (tertiary/aromatic N) is 3. The Morgan fingerprint density at radius 2 is 2.03 bits per heavy atom. The summed E-state index contributed by atoms with van der Waals surface area (Å²) in [6.07, 6.45) is 4.61. The summed E-state index contributed by atoms with van der Waals surface area (Å²) in [6, 6.07) is 16.3. The number of methoxy groups -OCH3 is 1. The molecule has 0 aliphatic heterocycles. The molecule has 1 heterocycles. The minimum Gasteiger partial charge on any atom is -0.493 e. The van der Waals surface area contributed by atoms with E-state index in [-0.39, 0.29) is 12.5 Å². The molecular formula is C22H17IN4O3. The van der Waals surface area contributed by atoms with E-state index in [1.54, 1.807) is 43.8 Å². The highest BCUT2D eigenvalue weighted by Gasteiger charge is 2.12. The average molecular weight is 512 g/mol. The Hall–Kier alpha value is -3.45. The monoisotopic (exact) mass is 512 g/mol. The highest BCUT2D eigenvalue weighted by atomic mass is 127. The molecule has 0 aliphatic rings. The van der Waals surface area contributed by atoms with Gasteiger partial charge in [0, 0.05) is 23.5 Å². The topological polar surface area (TPSA) is 96.6 Å². The van der Waals surface area contributed by atoms with Gasteiger partial charge in [0.2, 0.25) is 0 Å². The Morgan fingerprint density at radius 1 is 1.27 bits per heavy atom. The minimum atomic E-state index is -0.327. The first-order chi connectivity index (χ1) is 14.6. The number of pyridine rings is 1. The Morgan fingerprint density at radius 3 is 2.77 bits per heavy atom. The molecule has 0 spiro atoms. The lowest BCUT2D eigenvalue weighted by atomic mass is 10.1. The maximum absolute atomic E-state index is 12.0. The van der Waals surface area contributed by atoms with E-state index in [4.69, 9.17) is 9.47 Å². The molecule has 8 heteroatoms. The number of hydrazone groups is 1. The van der Waals surface area contributed by atoms with Crippen LogP contribution in [0.5, 0.6) is 11.5 Å². The lowest BCUT2D eigenvalue weighted by molar-refractivity contribution is 0.0955. The maximum atomic E-state index is 12.0. The van der Waals surface area contributed by atoms with E-state index >= 15 is 0 Å². The van der Waals surface area contributed by atoms with Crippen LogP contribution < -0.4 is 14.9 Å². The Labute approximate surface area is 187 Å². The van der Waals surface area contributed by atoms with Crippen LogP contribution >= 0.6 is 22.6 Å². The van der Waals surface area contributed by atoms with Gasteiger partial charge in [-0.3, -0.25) is 9.78 Å². The fourth-order valence-electron chi connectivity index (χ4n) is 2.59. The van der Waals surface area contributed by atoms with E-state index in [2.05, 4.69) is 44.2 Å². The molecule has 0 atom stereocenters. The number of ether oxygens (including phenoxy) is 2. The molecule has 0 radical (unpaired) electrons. The van der Waals surface area contributed by atoms with E-state index in [9.17, 15) is 10.1 Å². The molecule has 0 saturated heterocycles. The number of hydrogen-bond donors (Lipinski definition) is 1. The van der Waals surface area contributed by atoms with Gasteiger partial charge in [0.05, 0.1) is 28.5 Å². The van der Waals surface area contributed by atoms with Crippen LogP contribution in [0, 0.1) is 14.9 Å². The van der Waals surface area contributed by atoms with Crippen molar-refractivity contribution in [2.45, 2.75) is 6.61 Å². The second-order valence-corrected chi connectivity index (χ2v) is 7.19. The van der Waals surface area contributed by atoms with Crippen LogP contribution in [0.25, 0.3) is 0 Å². The van der Waals surface area contributed by atoms with Crippen LogP contribution in [-0.2, 0) is 6.61 Å². The number of hydrogen-bond acceptors (Lipinski definition) is 6. The van der Waals surface area contributed by atoms with E-state index in [0.717, 1.165) is 14.7 Å². The van der Waals surface area contributed by atoms with Crippen LogP contribution in [0.15, 0.2) is 66.0 Å². The van der Waals surface area contributed by atoms with Crippen molar-refractivity contribution in [3.05, 3.63) is 86.7 Å². The molecule has 0 aliphatic carbocycles. The van der Waals surface area contributed by atoms with Gasteiger partial charge in [-0.1, -0.05) is 18.2 Å². The fraction of sp³-hybridized carbons (Fsp3) is 0.0909. The molecule has 1 N–H and O–H groups in total. The normalized spacial score (nSPS) is 10.4. The van der Waals surface area contributed by atoms with Gasteiger partial charge >= 0.3 is 0 Å². The molecule has 0 unspecified atom stereocenters. The van der Waals surface area contributed by atoms with Crippen LogP contribution in [0.2, 0.25) is 0 Å². The summed E-state index contributed by atoms with van der Waals surface area (Å²) in [4.78, 5) is 15.9. The van der Waals surface area contributed by atoms with E-state index in [1.807, 2.05) is 24.3 Å². The minimum absolute atomic E-state index is 0.242. The van der Waals surface area contributed by atoms with Crippen molar-refractivity contribution >= 4 is 34.7 Å². The number of benzene rings is 2. The third-order valence-corrected chi connectivity index (χ3v) is 4.89. The standard InChI is InChI=1S/C22H17IN4O3/c1-29-20-11-15(13-26-27-22(28)16-6-8-25-9-7-16)10-19(23)21(20)30-14-18-5-3-2-4-17(18)12-24/h2-11,13H,14H2,1H3,(H,27,28)/b26-13-. The van der Waals surface area contributed by atoms with Crippen LogP contribution in [-0.4, -0.2) is 24.2 Å². The summed E-state index contributed by atoms with van der Waals surface area (Å²) in [7, 11) is 1.55. The first-order valence-electron chi connectivity index (χ1n) is 8.84. The third-order valence-electron chi connectivity index (χ3n) is 4.08. The molecule has 1 amide bonds. The first-order valence-corrected chi connectivity index (χ1v) is 9.92. The summed E-state index contributed by atoms with van der Waals surface area (Å²) >= 11 is 2.14. The van der Waals surface area contributed by atoms with Crippen LogP contribution in [0.4, 0.5) is 0 Å². The number of carbonyl (C=O) groups excluding carboxylic acids is 1. The molecule has 30 heavy (non-hydrogen) atoms. The SMILES string of the molecule is COc1cc(/C=N\NC(=O)c2ccncc2)cc(I)c1OCc1ccccc1C#N. The number of nitrogens with one attached hydrogen (secondary N) is 1. The Bertz CT molecular complexity index is 1110. The number of carbonyl (C=O) groups is 1. The van der Waals surface area contributed by atoms with Crippen molar-refractivity contribution in [2.75, 3.05) is 7.11 Å². The van der Waals surface area contributed by atoms with Crippen LogP contribution in [0.1, 0.15) is 27.0 Å². The van der Waals surface area contributed by atoms with Crippen molar-refractivity contribution in [3.63, 3.8) is 0 Å². The van der Waals surface area contributed by atoms with Crippen molar-refractivity contribution in [1.82, 2.24) is 10.4 Å². The van der Waals surface area contributed by atoms with Crippen LogP contribution in [0.3, 0.4) is 0 Å². The zero-order chi connectivity index (χ0) is 21.3. The molecule has 2 aromatic carbocycles. The Balaban J connectivity index is 1.72. The predicted octanol–water partition coefficient (Wildman–Crippen LogP) is 3.91. The molecule has 0 fully saturated rings. The van der Waals surface area contributed by atoms with Crippen molar-refractivity contribution < 1.29 is 14.3 Å². The predicted molar refractivity (Wildman–Crippen MR) is 120 cm³/mol. The largest absolute Gasteiger partial charge is 0.493 e. The average Bonchev–Trinajstić information content (AvgIpc) is 2.78. The number of rotatable bonds is 7. The van der Waals surface area contributed by atoms with Gasteiger partial charge < -0.3 is 9.47 Å². The van der Waals surface area contributed by atoms with E-state index in [1.165, 1.54) is 6.21 Å². The molecule has 0 bridgehead atoms. The van der Waals surface area contributed by atoms with Gasteiger partial charge in [-0.2, -0.15) is 10.4 Å². The van der Waals surface area contributed by atoms with Gasteiger partial charge in [0.1, 0.15) is 6.61 Å². The highest BCUT2D eigenvalue weighted by molar-refractivity contribution is 14.1. The smallest absolute Gasteiger partial charge is 0.271 e. The number of aromatic nitrogens is 1. The molecule has 1 aromatic heterocycles. The second kappa shape index (κ2) is 10.4. The summed E-state index contributed by atoms with van der Waals surface area (Å²) in [5.74, 6) is 0.772. The van der Waals surface area contributed by atoms with Crippen molar-refractivity contribution in [2.24, 2.45) is 5.10 Å². The molecule has 0 saturated carbocycles. The van der Waals surface area contributed by atoms with Crippen molar-refractivity contribution in [3.8, 4) is 17.6 Å². The molecular weight excluding hydrogens is 495 g/mol. The number of amides is 1. The molecule has 150 valence electrons. The lowest BCUT2D eigenvalue weighted by Gasteiger charge is -2.14. The molecule has 7 nitrogen and oxygen atoms in total. The molecule has 3 rings (SSSR count). The van der Waals surface area contributed by atoms with Gasteiger partial charge in [0.25, 0.3) is 5.91 Å². The molecule has 3 aromatic rings. The first kappa shape index (κ1) is 21.3. The quantitative estimate of drug-likeness (QED) is 0.294. The summed E-state index contributed by atoms with van der Waals surface area (Å²) < 4.78 is 12.2. The highest BCUT2D eigenvalue weighted by Crippen LogP contribution is 2.34. The zero-order valence-corrected chi connectivity index (χ0v) is 18.2. The Kier molecular flexibility index (Phi) is 7.34.